The van der Waals surface area contributed by atoms with Gasteiger partial charge in [-0.1, -0.05) is 102 Å². The smallest absolute Gasteiger partial charge is 0.407 e. The van der Waals surface area contributed by atoms with Gasteiger partial charge < -0.3 is 30.5 Å². The van der Waals surface area contributed by atoms with E-state index in [4.69, 9.17) is 9.47 Å². The number of amides is 4. The molecule has 13 nitrogen and oxygen atoms in total. The number of nitrogens with zero attached hydrogens (tertiary/aromatic N) is 2. The molecule has 0 aliphatic carbocycles. The van der Waals surface area contributed by atoms with Crippen LogP contribution in [0.1, 0.15) is 52.7 Å². The molecule has 1 heterocycles. The van der Waals surface area contributed by atoms with Crippen LogP contribution in [0.4, 0.5) is 9.59 Å². The van der Waals surface area contributed by atoms with Crippen LogP contribution in [0.15, 0.2) is 79.0 Å². The second-order valence-electron chi connectivity index (χ2n) is 14.5. The molecule has 5 N–H and O–H groups in total. The second-order valence-corrected chi connectivity index (χ2v) is 14.5. The maximum absolute atomic E-state index is 13.8. The molecule has 1 aromatic heterocycles. The maximum atomic E-state index is 13.8. The van der Waals surface area contributed by atoms with Crippen molar-refractivity contribution in [1.82, 2.24) is 31.4 Å². The predicted molar refractivity (Wildman–Crippen MR) is 194 cm³/mol. The maximum Gasteiger partial charge on any atom is 0.407 e. The van der Waals surface area contributed by atoms with Gasteiger partial charge in [0.25, 0.3) is 5.91 Å². The number of hydrazine groups is 1. The molecule has 0 saturated carbocycles. The van der Waals surface area contributed by atoms with Gasteiger partial charge >= 0.3 is 12.2 Å². The lowest BCUT2D eigenvalue weighted by atomic mass is 9.85. The summed E-state index contributed by atoms with van der Waals surface area (Å²) in [5, 5.41) is 21.6. The normalized spacial score (nSPS) is 14.0. The Balaban J connectivity index is 1.96. The first-order valence-corrected chi connectivity index (χ1v) is 16.8. The van der Waals surface area contributed by atoms with Gasteiger partial charge in [-0.15, -0.1) is 0 Å². The average molecular weight is 705 g/mol. The standard InChI is InChI=1S/C38H52N6O7/c1-37(2,3)31(41-35(48)50-7)33(46)40-29(22-25-14-10-9-11-15-25)30(45)24-44(43-34(47)32(38(4,5)6)42-36(49)51-8)23-26-17-19-27(20-18-26)28-16-12-13-21-39-28/h9-21,29-32,45H,22-24H2,1-8H3,(H,40,46)(H,41,48)(H,42,49)(H,43,47)/t29-,30+,31-,32-/m1/s1. The Morgan fingerprint density at radius 2 is 1.27 bits per heavy atom. The number of aliphatic hydroxyl groups excluding tert-OH is 1. The third-order valence-corrected chi connectivity index (χ3v) is 8.21. The predicted octanol–water partition coefficient (Wildman–Crippen LogP) is 4.21. The van der Waals surface area contributed by atoms with Gasteiger partial charge in [0, 0.05) is 24.8 Å². The topological polar surface area (TPSA) is 171 Å². The molecule has 0 saturated heterocycles. The highest BCUT2D eigenvalue weighted by Crippen LogP contribution is 2.23. The molecule has 0 radical (unpaired) electrons. The van der Waals surface area contributed by atoms with E-state index in [1.54, 1.807) is 32.0 Å². The molecule has 0 aliphatic heterocycles. The lowest BCUT2D eigenvalue weighted by Crippen LogP contribution is -2.60. The first-order chi connectivity index (χ1) is 24.0. The van der Waals surface area contributed by atoms with Crippen molar-refractivity contribution in [2.45, 2.75) is 78.7 Å². The van der Waals surface area contributed by atoms with Crippen LogP contribution in [-0.4, -0.2) is 84.1 Å². The zero-order valence-corrected chi connectivity index (χ0v) is 30.7. The van der Waals surface area contributed by atoms with Crippen LogP contribution in [0.25, 0.3) is 11.3 Å². The van der Waals surface area contributed by atoms with E-state index in [0.717, 1.165) is 22.4 Å². The number of methoxy groups -OCH3 is 2. The number of nitrogens with one attached hydrogen (secondary N) is 4. The molecule has 276 valence electrons. The third-order valence-electron chi connectivity index (χ3n) is 8.21. The number of carbonyl (C=O) groups excluding carboxylic acids is 4. The van der Waals surface area contributed by atoms with Crippen LogP contribution in [0.5, 0.6) is 0 Å². The Hall–Kier alpha value is -5.01. The van der Waals surface area contributed by atoms with Gasteiger partial charge in [-0.05, 0) is 40.5 Å². The molecule has 3 rings (SSSR count). The quantitative estimate of drug-likeness (QED) is 0.154. The molecule has 51 heavy (non-hydrogen) atoms. The monoisotopic (exact) mass is 704 g/mol. The zero-order valence-electron chi connectivity index (χ0n) is 30.7. The van der Waals surface area contributed by atoms with Crippen LogP contribution < -0.4 is 21.4 Å². The van der Waals surface area contributed by atoms with Gasteiger partial charge in [0.05, 0.1) is 32.1 Å². The van der Waals surface area contributed by atoms with Crippen molar-refractivity contribution >= 4 is 24.0 Å². The largest absolute Gasteiger partial charge is 0.453 e. The van der Waals surface area contributed by atoms with E-state index in [1.165, 1.54) is 14.2 Å². The number of alkyl carbamates (subject to hydrolysis) is 2. The van der Waals surface area contributed by atoms with E-state index < -0.39 is 59.1 Å². The van der Waals surface area contributed by atoms with E-state index >= 15 is 0 Å². The highest BCUT2D eigenvalue weighted by atomic mass is 16.5. The molecule has 3 aromatic rings. The summed E-state index contributed by atoms with van der Waals surface area (Å²) in [7, 11) is 2.44. The third kappa shape index (κ3) is 12.7. The number of pyridine rings is 1. The summed E-state index contributed by atoms with van der Waals surface area (Å²) in [6.45, 7) is 10.9. The van der Waals surface area contributed by atoms with Crippen LogP contribution in [-0.2, 0) is 32.0 Å². The van der Waals surface area contributed by atoms with Crippen LogP contribution in [0, 0.1) is 10.8 Å². The lowest BCUT2D eigenvalue weighted by molar-refractivity contribution is -0.132. The summed E-state index contributed by atoms with van der Waals surface area (Å²) < 4.78 is 9.54. The van der Waals surface area contributed by atoms with E-state index in [0.29, 0.717) is 0 Å². The zero-order chi connectivity index (χ0) is 37.8. The summed E-state index contributed by atoms with van der Waals surface area (Å²) in [6, 6.07) is 19.8. The average Bonchev–Trinajstić information content (AvgIpc) is 3.08. The Bertz CT molecular complexity index is 1570. The van der Waals surface area contributed by atoms with Gasteiger partial charge in [-0.2, -0.15) is 0 Å². The molecular formula is C38H52N6O7. The number of rotatable bonds is 14. The Morgan fingerprint density at radius 3 is 1.78 bits per heavy atom. The molecular weight excluding hydrogens is 652 g/mol. The fourth-order valence-electron chi connectivity index (χ4n) is 5.38. The lowest BCUT2D eigenvalue weighted by Gasteiger charge is -2.35. The van der Waals surface area contributed by atoms with E-state index in [1.807, 2.05) is 93.6 Å². The van der Waals surface area contributed by atoms with Gasteiger partial charge in [-0.3, -0.25) is 20.0 Å². The van der Waals surface area contributed by atoms with Crippen molar-refractivity contribution in [2.24, 2.45) is 10.8 Å². The Morgan fingerprint density at radius 1 is 0.725 bits per heavy atom. The minimum atomic E-state index is -1.22. The molecule has 0 fully saturated rings. The van der Waals surface area contributed by atoms with Gasteiger partial charge in [0.15, 0.2) is 0 Å². The van der Waals surface area contributed by atoms with E-state index in [-0.39, 0.29) is 19.5 Å². The van der Waals surface area contributed by atoms with Gasteiger partial charge in [0.1, 0.15) is 12.1 Å². The number of aliphatic hydroxyl groups is 1. The van der Waals surface area contributed by atoms with Crippen LogP contribution >= 0.6 is 0 Å². The van der Waals surface area contributed by atoms with Crippen molar-refractivity contribution in [3.8, 4) is 11.3 Å². The number of ether oxygens (including phenoxy) is 2. The van der Waals surface area contributed by atoms with Crippen molar-refractivity contribution in [2.75, 3.05) is 20.8 Å². The van der Waals surface area contributed by atoms with Crippen molar-refractivity contribution in [1.29, 1.82) is 0 Å². The molecule has 13 heteroatoms. The first-order valence-electron chi connectivity index (χ1n) is 16.8. The molecule has 4 atom stereocenters. The SMILES string of the molecule is COC(=O)N[C@H](C(=O)N[C@H](Cc1ccccc1)[C@@H](O)CN(Cc1ccc(-c2ccccn2)cc1)NC(=O)[C@@H](NC(=O)OC)C(C)(C)C)C(C)(C)C. The summed E-state index contributed by atoms with van der Waals surface area (Å²) in [4.78, 5) is 56.3. The molecule has 2 aromatic carbocycles. The second kappa shape index (κ2) is 18.3. The summed E-state index contributed by atoms with van der Waals surface area (Å²) in [6.07, 6.45) is -0.778. The van der Waals surface area contributed by atoms with Crippen molar-refractivity contribution in [3.63, 3.8) is 0 Å². The van der Waals surface area contributed by atoms with Crippen LogP contribution in [0.3, 0.4) is 0 Å². The number of carbonyl (C=O) groups is 4. The summed E-state index contributed by atoms with van der Waals surface area (Å²) >= 11 is 0. The van der Waals surface area contributed by atoms with Gasteiger partial charge in [-0.25, -0.2) is 14.6 Å². The summed E-state index contributed by atoms with van der Waals surface area (Å²) in [5.74, 6) is -1.03. The Labute approximate surface area is 300 Å². The first kappa shape index (κ1) is 40.4. The number of hydrogen-bond acceptors (Lipinski definition) is 9. The van der Waals surface area contributed by atoms with Crippen molar-refractivity contribution < 1.29 is 33.8 Å². The highest BCUT2D eigenvalue weighted by Gasteiger charge is 2.37. The van der Waals surface area contributed by atoms with E-state index in [2.05, 4.69) is 26.4 Å². The molecule has 0 aliphatic rings. The molecule has 4 amide bonds. The molecule has 0 spiro atoms. The number of aromatic nitrogens is 1. The minimum absolute atomic E-state index is 0.120. The summed E-state index contributed by atoms with van der Waals surface area (Å²) in [5.41, 5.74) is 4.88. The number of benzene rings is 2. The minimum Gasteiger partial charge on any atom is -0.453 e. The highest BCUT2D eigenvalue weighted by molar-refractivity contribution is 5.87. The van der Waals surface area contributed by atoms with Gasteiger partial charge in [0.2, 0.25) is 5.91 Å². The Kier molecular flexibility index (Phi) is 14.5. The fraction of sp³-hybridized carbons (Fsp3) is 0.447. The van der Waals surface area contributed by atoms with Crippen molar-refractivity contribution in [3.05, 3.63) is 90.1 Å². The van der Waals surface area contributed by atoms with Crippen LogP contribution in [0.2, 0.25) is 0 Å². The molecule has 0 bridgehead atoms. The number of hydrogen-bond donors (Lipinski definition) is 5. The van der Waals surface area contributed by atoms with E-state index in [9.17, 15) is 24.3 Å². The molecule has 0 unspecified atom stereocenters. The fourth-order valence-corrected chi connectivity index (χ4v) is 5.38.